The highest BCUT2D eigenvalue weighted by atomic mass is 32.2. The molecule has 0 fully saturated rings. The third-order valence-corrected chi connectivity index (χ3v) is 4.21. The van der Waals surface area contributed by atoms with Gasteiger partial charge in [0.05, 0.1) is 12.6 Å². The van der Waals surface area contributed by atoms with Crippen LogP contribution in [0.4, 0.5) is 0 Å². The molecule has 1 heterocycles. The number of rotatable bonds is 4. The predicted molar refractivity (Wildman–Crippen MR) is 86.8 cm³/mol. The van der Waals surface area contributed by atoms with E-state index in [1.807, 2.05) is 42.5 Å². The number of hydrogen-bond acceptors (Lipinski definition) is 4. The quantitative estimate of drug-likeness (QED) is 0.794. The standard InChI is InChI=1S/C17H16N2OS/c1-20-13-6-8-14(9-7-13)21-17-10-12(11-18)15-4-2-3-5-16(15)19-17/h2-10H,11,18H2,1H3. The molecule has 0 atom stereocenters. The van der Waals surface area contributed by atoms with Crippen LogP contribution in [-0.2, 0) is 6.54 Å². The van der Waals surface area contributed by atoms with Crippen molar-refractivity contribution in [3.05, 3.63) is 60.2 Å². The maximum atomic E-state index is 5.86. The largest absolute Gasteiger partial charge is 0.497 e. The normalized spacial score (nSPS) is 10.8. The van der Waals surface area contributed by atoms with E-state index in [0.29, 0.717) is 6.54 Å². The van der Waals surface area contributed by atoms with E-state index in [9.17, 15) is 0 Å². The fourth-order valence-electron chi connectivity index (χ4n) is 2.21. The average molecular weight is 296 g/mol. The molecule has 3 aromatic rings. The van der Waals surface area contributed by atoms with Gasteiger partial charge >= 0.3 is 0 Å². The topological polar surface area (TPSA) is 48.1 Å². The number of methoxy groups -OCH3 is 1. The summed E-state index contributed by atoms with van der Waals surface area (Å²) < 4.78 is 5.17. The molecule has 2 aromatic carbocycles. The van der Waals surface area contributed by atoms with Crippen molar-refractivity contribution in [2.75, 3.05) is 7.11 Å². The Labute approximate surface area is 128 Å². The molecule has 0 radical (unpaired) electrons. The van der Waals surface area contributed by atoms with Crippen molar-refractivity contribution in [2.45, 2.75) is 16.5 Å². The maximum absolute atomic E-state index is 5.86. The van der Waals surface area contributed by atoms with Crippen molar-refractivity contribution >= 4 is 22.7 Å². The second-order valence-electron chi connectivity index (χ2n) is 4.62. The Balaban J connectivity index is 1.96. The van der Waals surface area contributed by atoms with Gasteiger partial charge in [-0.25, -0.2) is 4.98 Å². The fraction of sp³-hybridized carbons (Fsp3) is 0.118. The molecule has 1 aromatic heterocycles. The van der Waals surface area contributed by atoms with Crippen molar-refractivity contribution in [3.63, 3.8) is 0 Å². The first-order valence-corrected chi connectivity index (χ1v) is 7.52. The molecule has 3 nitrogen and oxygen atoms in total. The van der Waals surface area contributed by atoms with Crippen molar-refractivity contribution in [2.24, 2.45) is 5.73 Å². The zero-order chi connectivity index (χ0) is 14.7. The lowest BCUT2D eigenvalue weighted by Crippen LogP contribution is -1.99. The Bertz CT molecular complexity index is 756. The Morgan fingerprint density at radius 2 is 1.86 bits per heavy atom. The van der Waals surface area contributed by atoms with E-state index in [0.717, 1.165) is 32.1 Å². The van der Waals surface area contributed by atoms with E-state index < -0.39 is 0 Å². The number of ether oxygens (including phenoxy) is 1. The molecule has 0 aliphatic carbocycles. The molecular formula is C17H16N2OS. The van der Waals surface area contributed by atoms with Crippen molar-refractivity contribution in [1.29, 1.82) is 0 Å². The van der Waals surface area contributed by atoms with Gasteiger partial charge in [0.25, 0.3) is 0 Å². The molecule has 2 N–H and O–H groups in total. The summed E-state index contributed by atoms with van der Waals surface area (Å²) in [5.41, 5.74) is 7.97. The summed E-state index contributed by atoms with van der Waals surface area (Å²) in [5, 5.41) is 2.08. The summed E-state index contributed by atoms with van der Waals surface area (Å²) in [6.07, 6.45) is 0. The van der Waals surface area contributed by atoms with Crippen LogP contribution in [0.5, 0.6) is 5.75 Å². The van der Waals surface area contributed by atoms with E-state index in [1.165, 1.54) is 0 Å². The zero-order valence-corrected chi connectivity index (χ0v) is 12.6. The highest BCUT2D eigenvalue weighted by Crippen LogP contribution is 2.30. The van der Waals surface area contributed by atoms with Crippen LogP contribution in [0.15, 0.2) is 64.5 Å². The number of nitrogens with zero attached hydrogens (tertiary/aromatic N) is 1. The second-order valence-corrected chi connectivity index (χ2v) is 5.71. The lowest BCUT2D eigenvalue weighted by Gasteiger charge is -2.08. The van der Waals surface area contributed by atoms with Crippen molar-refractivity contribution in [1.82, 2.24) is 4.98 Å². The third kappa shape index (κ3) is 3.01. The Morgan fingerprint density at radius 1 is 1.10 bits per heavy atom. The highest BCUT2D eigenvalue weighted by molar-refractivity contribution is 7.99. The first kappa shape index (κ1) is 13.9. The minimum atomic E-state index is 0.513. The summed E-state index contributed by atoms with van der Waals surface area (Å²) in [6, 6.07) is 18.1. The fourth-order valence-corrected chi connectivity index (χ4v) is 3.06. The monoisotopic (exact) mass is 296 g/mol. The van der Waals surface area contributed by atoms with Crippen LogP contribution in [0.25, 0.3) is 10.9 Å². The van der Waals surface area contributed by atoms with Crippen LogP contribution >= 0.6 is 11.8 Å². The number of para-hydroxylation sites is 1. The number of pyridine rings is 1. The molecule has 106 valence electrons. The molecule has 0 aliphatic heterocycles. The van der Waals surface area contributed by atoms with Crippen LogP contribution in [0, 0.1) is 0 Å². The summed E-state index contributed by atoms with van der Waals surface area (Å²) in [4.78, 5) is 5.82. The maximum Gasteiger partial charge on any atom is 0.118 e. The molecule has 0 unspecified atom stereocenters. The molecule has 21 heavy (non-hydrogen) atoms. The van der Waals surface area contributed by atoms with Gasteiger partial charge in [0, 0.05) is 16.8 Å². The Hall–Kier alpha value is -2.04. The highest BCUT2D eigenvalue weighted by Gasteiger charge is 2.06. The molecule has 0 bridgehead atoms. The van der Waals surface area contributed by atoms with E-state index in [1.54, 1.807) is 18.9 Å². The Morgan fingerprint density at radius 3 is 2.57 bits per heavy atom. The van der Waals surface area contributed by atoms with Crippen LogP contribution in [0.2, 0.25) is 0 Å². The Kier molecular flexibility index (Phi) is 4.08. The van der Waals surface area contributed by atoms with E-state index >= 15 is 0 Å². The molecule has 0 spiro atoms. The summed E-state index contributed by atoms with van der Waals surface area (Å²) in [6.45, 7) is 0.513. The van der Waals surface area contributed by atoms with Gasteiger partial charge in [0.2, 0.25) is 0 Å². The molecule has 4 heteroatoms. The van der Waals surface area contributed by atoms with Crippen LogP contribution in [0.1, 0.15) is 5.56 Å². The minimum absolute atomic E-state index is 0.513. The van der Waals surface area contributed by atoms with E-state index in [-0.39, 0.29) is 0 Å². The molecule has 0 saturated heterocycles. The van der Waals surface area contributed by atoms with Gasteiger partial charge in [0.1, 0.15) is 10.8 Å². The molecule has 0 amide bonds. The number of fused-ring (bicyclic) bond motifs is 1. The molecule has 3 rings (SSSR count). The molecular weight excluding hydrogens is 280 g/mol. The number of nitrogens with two attached hydrogens (primary N) is 1. The van der Waals surface area contributed by atoms with Gasteiger partial charge in [-0.3, -0.25) is 0 Å². The number of aromatic nitrogens is 1. The second kappa shape index (κ2) is 6.16. The van der Waals surface area contributed by atoms with Crippen molar-refractivity contribution in [3.8, 4) is 5.75 Å². The molecule has 0 aliphatic rings. The van der Waals surface area contributed by atoms with Crippen LogP contribution in [0.3, 0.4) is 0 Å². The van der Waals surface area contributed by atoms with Gasteiger partial charge in [-0.1, -0.05) is 30.0 Å². The summed E-state index contributed by atoms with van der Waals surface area (Å²) >= 11 is 1.63. The van der Waals surface area contributed by atoms with E-state index in [4.69, 9.17) is 15.5 Å². The number of benzene rings is 2. The SMILES string of the molecule is COc1ccc(Sc2cc(CN)c3ccccc3n2)cc1. The smallest absolute Gasteiger partial charge is 0.118 e. The third-order valence-electron chi connectivity index (χ3n) is 3.28. The lowest BCUT2D eigenvalue weighted by atomic mass is 10.1. The van der Waals surface area contributed by atoms with Gasteiger partial charge < -0.3 is 10.5 Å². The van der Waals surface area contributed by atoms with Gasteiger partial charge in [-0.15, -0.1) is 0 Å². The zero-order valence-electron chi connectivity index (χ0n) is 11.7. The van der Waals surface area contributed by atoms with Gasteiger partial charge in [0.15, 0.2) is 0 Å². The van der Waals surface area contributed by atoms with E-state index in [2.05, 4.69) is 12.1 Å². The number of hydrogen-bond donors (Lipinski definition) is 1. The first-order valence-electron chi connectivity index (χ1n) is 6.71. The van der Waals surface area contributed by atoms with Crippen LogP contribution in [-0.4, -0.2) is 12.1 Å². The summed E-state index contributed by atoms with van der Waals surface area (Å²) in [5.74, 6) is 0.855. The average Bonchev–Trinajstić information content (AvgIpc) is 2.55. The first-order chi connectivity index (χ1) is 10.3. The van der Waals surface area contributed by atoms with Gasteiger partial charge in [-0.05, 0) is 42.0 Å². The predicted octanol–water partition coefficient (Wildman–Crippen LogP) is 3.85. The molecule has 0 saturated carbocycles. The summed E-state index contributed by atoms with van der Waals surface area (Å²) in [7, 11) is 1.67. The minimum Gasteiger partial charge on any atom is -0.497 e. The van der Waals surface area contributed by atoms with Crippen LogP contribution < -0.4 is 10.5 Å². The van der Waals surface area contributed by atoms with Gasteiger partial charge in [-0.2, -0.15) is 0 Å². The lowest BCUT2D eigenvalue weighted by molar-refractivity contribution is 0.414. The van der Waals surface area contributed by atoms with Crippen molar-refractivity contribution < 1.29 is 4.74 Å².